The first-order valence-corrected chi connectivity index (χ1v) is 11.3. The summed E-state index contributed by atoms with van der Waals surface area (Å²) >= 11 is -1.15. The van der Waals surface area contributed by atoms with E-state index < -0.39 is 11.4 Å². The Hall–Kier alpha value is -1.28. The number of carbonyl (C=O) groups excluding carboxylic acids is 1. The fourth-order valence-electron chi connectivity index (χ4n) is 3.32. The van der Waals surface area contributed by atoms with Crippen LogP contribution in [0.25, 0.3) is 0 Å². The van der Waals surface area contributed by atoms with E-state index in [0.717, 1.165) is 51.1 Å². The molecule has 0 bridgehead atoms. The summed E-state index contributed by atoms with van der Waals surface area (Å²) in [6, 6.07) is 5.47. The minimum absolute atomic E-state index is 0.563. The highest BCUT2D eigenvalue weighted by Gasteiger charge is 2.23. The minimum atomic E-state index is -1.15. The Kier molecular flexibility index (Phi) is 7.41. The Bertz CT molecular complexity index is 616. The summed E-state index contributed by atoms with van der Waals surface area (Å²) in [7, 11) is 2.15. The summed E-state index contributed by atoms with van der Waals surface area (Å²) in [5.41, 5.74) is 1.36. The zero-order valence-corrected chi connectivity index (χ0v) is 17.2. The highest BCUT2D eigenvalue weighted by Crippen LogP contribution is 2.31. The molecule has 1 atom stereocenters. The molecule has 3 rings (SSSR count). The van der Waals surface area contributed by atoms with Crippen molar-refractivity contribution in [2.75, 3.05) is 63.5 Å². The number of likely N-dealkylation sites (N-methyl/N-ethyl adjacent to an activating group) is 1. The van der Waals surface area contributed by atoms with E-state index in [-0.39, 0.29) is 0 Å². The zero-order valence-electron chi connectivity index (χ0n) is 16.4. The van der Waals surface area contributed by atoms with E-state index in [9.17, 15) is 9.35 Å². The maximum atomic E-state index is 12.3. The molecule has 1 aromatic rings. The summed E-state index contributed by atoms with van der Waals surface area (Å²) in [4.78, 5) is 16.1. The van der Waals surface area contributed by atoms with E-state index in [1.54, 1.807) is 18.4 Å². The van der Waals surface area contributed by atoms with Gasteiger partial charge >= 0.3 is 0 Å². The summed E-state index contributed by atoms with van der Waals surface area (Å²) in [6.45, 7) is 6.77. The van der Waals surface area contributed by atoms with Crippen molar-refractivity contribution in [1.82, 2.24) is 9.80 Å². The van der Waals surface area contributed by atoms with Gasteiger partial charge in [-0.1, -0.05) is 0 Å². The van der Waals surface area contributed by atoms with Crippen molar-refractivity contribution < 1.29 is 14.1 Å². The lowest BCUT2D eigenvalue weighted by atomic mass is 10.2. The van der Waals surface area contributed by atoms with E-state index >= 15 is 0 Å². The predicted molar refractivity (Wildman–Crippen MR) is 110 cm³/mol. The van der Waals surface area contributed by atoms with Crippen molar-refractivity contribution in [3.8, 4) is 5.75 Å². The van der Waals surface area contributed by atoms with Crippen molar-refractivity contribution in [1.29, 1.82) is 0 Å². The largest absolute Gasteiger partial charge is 0.593 e. The third kappa shape index (κ3) is 6.38. The van der Waals surface area contributed by atoms with E-state index in [2.05, 4.69) is 16.8 Å². The standard InChI is InChI=1S/C20H31N3O3S/c1-21-8-10-22(11-9-21)6-3-7-23(27(2)25)19-12-18(15-24)13-20(14-19)26-16-17-4-5-17/h12-15,17H,3-11,16H2,1-2H3. The number of hydrogen-bond donors (Lipinski definition) is 0. The van der Waals surface area contributed by atoms with Gasteiger partial charge in [0.05, 0.1) is 30.2 Å². The molecule has 1 heterocycles. The number of hydrogen-bond acceptors (Lipinski definition) is 6. The van der Waals surface area contributed by atoms with Crippen LogP contribution in [-0.2, 0) is 11.4 Å². The van der Waals surface area contributed by atoms with Gasteiger partial charge in [-0.3, -0.25) is 4.79 Å². The Labute approximate surface area is 165 Å². The quantitative estimate of drug-likeness (QED) is 0.448. The van der Waals surface area contributed by atoms with Crippen LogP contribution < -0.4 is 9.04 Å². The Balaban J connectivity index is 1.60. The second-order valence-corrected chi connectivity index (χ2v) is 8.95. The maximum Gasteiger partial charge on any atom is 0.150 e. The molecule has 2 fully saturated rings. The molecule has 0 amide bonds. The first-order valence-electron chi connectivity index (χ1n) is 9.80. The van der Waals surface area contributed by atoms with Crippen molar-refractivity contribution in [3.63, 3.8) is 0 Å². The molecule has 2 aliphatic rings. The van der Waals surface area contributed by atoms with E-state index in [1.165, 1.54) is 12.8 Å². The van der Waals surface area contributed by atoms with Gasteiger partial charge in [0.1, 0.15) is 18.3 Å². The lowest BCUT2D eigenvalue weighted by molar-refractivity contribution is 0.112. The number of piperazine rings is 1. The monoisotopic (exact) mass is 393 g/mol. The third-order valence-electron chi connectivity index (χ3n) is 5.26. The lowest BCUT2D eigenvalue weighted by Crippen LogP contribution is -2.45. The van der Waals surface area contributed by atoms with Crippen LogP contribution in [0.1, 0.15) is 29.6 Å². The second-order valence-electron chi connectivity index (χ2n) is 7.66. The van der Waals surface area contributed by atoms with Crippen molar-refractivity contribution in [3.05, 3.63) is 23.8 Å². The molecule has 150 valence electrons. The van der Waals surface area contributed by atoms with Crippen LogP contribution in [0.3, 0.4) is 0 Å². The first kappa shape index (κ1) is 20.5. The molecule has 1 aromatic carbocycles. The maximum absolute atomic E-state index is 12.3. The number of carbonyl (C=O) groups is 1. The minimum Gasteiger partial charge on any atom is -0.593 e. The van der Waals surface area contributed by atoms with Gasteiger partial charge in [-0.05, 0) is 44.4 Å². The van der Waals surface area contributed by atoms with Crippen LogP contribution >= 0.6 is 0 Å². The van der Waals surface area contributed by atoms with E-state index in [0.29, 0.717) is 30.4 Å². The van der Waals surface area contributed by atoms with Crippen LogP contribution in [0.5, 0.6) is 5.75 Å². The van der Waals surface area contributed by atoms with Gasteiger partial charge in [0.25, 0.3) is 0 Å². The fraction of sp³-hybridized carbons (Fsp3) is 0.650. The molecule has 1 unspecified atom stereocenters. The highest BCUT2D eigenvalue weighted by molar-refractivity contribution is 7.92. The van der Waals surface area contributed by atoms with Crippen molar-refractivity contribution in [2.24, 2.45) is 5.92 Å². The molecule has 6 nitrogen and oxygen atoms in total. The zero-order chi connectivity index (χ0) is 19.2. The number of benzene rings is 1. The molecule has 0 N–H and O–H groups in total. The number of aldehydes is 1. The molecular formula is C20H31N3O3S. The molecule has 7 heteroatoms. The number of anilines is 1. The average Bonchev–Trinajstić information content (AvgIpc) is 3.49. The summed E-state index contributed by atoms with van der Waals surface area (Å²) in [6.07, 6.45) is 5.89. The number of ether oxygens (including phenoxy) is 1. The van der Waals surface area contributed by atoms with Crippen LogP contribution in [0.4, 0.5) is 5.69 Å². The Morgan fingerprint density at radius 3 is 2.63 bits per heavy atom. The van der Waals surface area contributed by atoms with Crippen LogP contribution in [0.15, 0.2) is 18.2 Å². The van der Waals surface area contributed by atoms with Crippen LogP contribution in [0.2, 0.25) is 0 Å². The van der Waals surface area contributed by atoms with E-state index in [1.807, 2.05) is 10.4 Å². The second kappa shape index (κ2) is 9.78. The van der Waals surface area contributed by atoms with Gasteiger partial charge in [0.2, 0.25) is 0 Å². The van der Waals surface area contributed by atoms with Crippen LogP contribution in [0, 0.1) is 5.92 Å². The van der Waals surface area contributed by atoms with Gasteiger partial charge in [-0.2, -0.15) is 4.31 Å². The molecule has 0 aromatic heterocycles. The third-order valence-corrected chi connectivity index (χ3v) is 6.28. The fourth-order valence-corrected chi connectivity index (χ4v) is 4.10. The smallest absolute Gasteiger partial charge is 0.150 e. The molecule has 1 saturated carbocycles. The summed E-state index contributed by atoms with van der Waals surface area (Å²) in [5.74, 6) is 1.34. The molecule has 1 aliphatic carbocycles. The van der Waals surface area contributed by atoms with Crippen molar-refractivity contribution >= 4 is 23.3 Å². The number of rotatable bonds is 10. The van der Waals surface area contributed by atoms with Gasteiger partial charge < -0.3 is 19.1 Å². The molecule has 1 aliphatic heterocycles. The Morgan fingerprint density at radius 2 is 2.00 bits per heavy atom. The van der Waals surface area contributed by atoms with Gasteiger partial charge in [0.15, 0.2) is 0 Å². The SMILES string of the molecule is CN1CCN(CCCN(c2cc(C=O)cc(OCC3CC3)c2)[S+](C)[O-])CC1. The molecular weight excluding hydrogens is 362 g/mol. The summed E-state index contributed by atoms with van der Waals surface area (Å²) in [5, 5.41) is 0. The van der Waals surface area contributed by atoms with Crippen molar-refractivity contribution in [2.45, 2.75) is 19.3 Å². The molecule has 27 heavy (non-hydrogen) atoms. The molecule has 0 spiro atoms. The number of nitrogens with zero attached hydrogens (tertiary/aromatic N) is 3. The van der Waals surface area contributed by atoms with Crippen LogP contribution in [-0.4, -0.2) is 79.8 Å². The summed E-state index contributed by atoms with van der Waals surface area (Å²) < 4.78 is 20.1. The lowest BCUT2D eigenvalue weighted by Gasteiger charge is -2.33. The normalized spacial score (nSPS) is 19.7. The molecule has 0 radical (unpaired) electrons. The van der Waals surface area contributed by atoms with Gasteiger partial charge in [-0.15, -0.1) is 0 Å². The Morgan fingerprint density at radius 1 is 1.26 bits per heavy atom. The van der Waals surface area contributed by atoms with Gasteiger partial charge in [0, 0.05) is 44.4 Å². The molecule has 1 saturated heterocycles. The first-order chi connectivity index (χ1) is 13.0. The topological polar surface area (TPSA) is 59.1 Å². The average molecular weight is 394 g/mol. The van der Waals surface area contributed by atoms with Gasteiger partial charge in [-0.25, -0.2) is 0 Å². The highest BCUT2D eigenvalue weighted by atomic mass is 32.2. The predicted octanol–water partition coefficient (Wildman–Crippen LogP) is 2.03. The van der Waals surface area contributed by atoms with E-state index in [4.69, 9.17) is 4.74 Å².